The highest BCUT2D eigenvalue weighted by atomic mass is 16.6. The molecule has 2 rings (SSSR count). The predicted molar refractivity (Wildman–Crippen MR) is 50.5 cm³/mol. The first-order valence-corrected chi connectivity index (χ1v) is 5.03. The second-order valence-electron chi connectivity index (χ2n) is 4.97. The van der Waals surface area contributed by atoms with Crippen molar-refractivity contribution in [3.05, 3.63) is 0 Å². The third kappa shape index (κ3) is 1.39. The molecule has 0 saturated carbocycles. The molecule has 2 atom stereocenters. The molecule has 0 bridgehead atoms. The summed E-state index contributed by atoms with van der Waals surface area (Å²) in [5.41, 5.74) is 5.98. The molecule has 0 aromatic rings. The van der Waals surface area contributed by atoms with Crippen LogP contribution < -0.4 is 5.73 Å². The fraction of sp³-hybridized carbons (Fsp3) is 1.00. The van der Waals surface area contributed by atoms with Crippen molar-refractivity contribution in [2.45, 2.75) is 38.3 Å². The van der Waals surface area contributed by atoms with Gasteiger partial charge in [-0.25, -0.2) is 0 Å². The molecule has 0 aliphatic carbocycles. The largest absolute Gasteiger partial charge is 0.378 e. The van der Waals surface area contributed by atoms with Gasteiger partial charge < -0.3 is 15.2 Å². The first kappa shape index (κ1) is 9.44. The van der Waals surface area contributed by atoms with Gasteiger partial charge in [0, 0.05) is 18.1 Å². The van der Waals surface area contributed by atoms with Crippen LogP contribution in [0.15, 0.2) is 0 Å². The van der Waals surface area contributed by atoms with E-state index >= 15 is 0 Å². The lowest BCUT2D eigenvalue weighted by Gasteiger charge is -2.44. The van der Waals surface area contributed by atoms with Crippen LogP contribution in [0.1, 0.15) is 26.7 Å². The van der Waals surface area contributed by atoms with Crippen molar-refractivity contribution in [3.63, 3.8) is 0 Å². The summed E-state index contributed by atoms with van der Waals surface area (Å²) in [4.78, 5) is 0. The Morgan fingerprint density at radius 3 is 2.62 bits per heavy atom. The Kier molecular flexibility index (Phi) is 2.13. The molecule has 2 fully saturated rings. The maximum atomic E-state index is 5.97. The fourth-order valence-electron chi connectivity index (χ4n) is 2.36. The Morgan fingerprint density at radius 2 is 2.08 bits per heavy atom. The van der Waals surface area contributed by atoms with E-state index in [9.17, 15) is 0 Å². The van der Waals surface area contributed by atoms with E-state index in [1.54, 1.807) is 0 Å². The first-order valence-electron chi connectivity index (χ1n) is 5.03. The van der Waals surface area contributed by atoms with E-state index in [4.69, 9.17) is 15.2 Å². The normalized spacial score (nSPS) is 44.1. The average molecular weight is 185 g/mol. The number of nitrogens with two attached hydrogens (primary N) is 1. The van der Waals surface area contributed by atoms with Gasteiger partial charge in [-0.2, -0.15) is 0 Å². The minimum atomic E-state index is -0.106. The zero-order valence-electron chi connectivity index (χ0n) is 8.51. The van der Waals surface area contributed by atoms with E-state index in [1.165, 1.54) is 0 Å². The van der Waals surface area contributed by atoms with Crippen LogP contribution in [0.25, 0.3) is 0 Å². The predicted octanol–water partition coefficient (Wildman–Crippen LogP) is 0.919. The molecular formula is C10H19NO2. The average Bonchev–Trinajstić information content (AvgIpc) is 2.27. The molecule has 0 amide bonds. The fourth-order valence-corrected chi connectivity index (χ4v) is 2.36. The lowest BCUT2D eigenvalue weighted by molar-refractivity contribution is -0.130. The SMILES string of the molecule is CC1(C)COCC12CC(N)CCO2. The van der Waals surface area contributed by atoms with Crippen molar-refractivity contribution in [2.24, 2.45) is 11.1 Å². The van der Waals surface area contributed by atoms with Crippen molar-refractivity contribution in [1.29, 1.82) is 0 Å². The van der Waals surface area contributed by atoms with Gasteiger partial charge in [-0.05, 0) is 12.8 Å². The van der Waals surface area contributed by atoms with E-state index in [0.717, 1.165) is 26.1 Å². The first-order chi connectivity index (χ1) is 6.06. The number of ether oxygens (including phenoxy) is 2. The van der Waals surface area contributed by atoms with Gasteiger partial charge in [0.25, 0.3) is 0 Å². The third-order valence-corrected chi connectivity index (χ3v) is 3.49. The van der Waals surface area contributed by atoms with Gasteiger partial charge in [0.05, 0.1) is 13.2 Å². The molecule has 13 heavy (non-hydrogen) atoms. The summed E-state index contributed by atoms with van der Waals surface area (Å²) in [6.45, 7) is 6.71. The highest BCUT2D eigenvalue weighted by Gasteiger charge is 2.53. The van der Waals surface area contributed by atoms with Crippen LogP contribution in [0, 0.1) is 5.41 Å². The molecule has 2 N–H and O–H groups in total. The molecular weight excluding hydrogens is 166 g/mol. The van der Waals surface area contributed by atoms with Crippen LogP contribution in [0.5, 0.6) is 0 Å². The van der Waals surface area contributed by atoms with E-state index in [0.29, 0.717) is 6.61 Å². The summed E-state index contributed by atoms with van der Waals surface area (Å²) in [6, 6.07) is 0.287. The van der Waals surface area contributed by atoms with E-state index in [-0.39, 0.29) is 17.1 Å². The van der Waals surface area contributed by atoms with E-state index in [1.807, 2.05) is 0 Å². The zero-order valence-corrected chi connectivity index (χ0v) is 8.51. The van der Waals surface area contributed by atoms with Crippen molar-refractivity contribution in [2.75, 3.05) is 19.8 Å². The topological polar surface area (TPSA) is 44.5 Å². The molecule has 2 aliphatic heterocycles. The quantitative estimate of drug-likeness (QED) is 0.610. The van der Waals surface area contributed by atoms with Crippen molar-refractivity contribution in [3.8, 4) is 0 Å². The Hall–Kier alpha value is -0.120. The van der Waals surface area contributed by atoms with Gasteiger partial charge in [-0.1, -0.05) is 13.8 Å². The minimum absolute atomic E-state index is 0.106. The Bertz CT molecular complexity index is 205. The summed E-state index contributed by atoms with van der Waals surface area (Å²) in [5.74, 6) is 0. The monoisotopic (exact) mass is 185 g/mol. The van der Waals surface area contributed by atoms with Gasteiger partial charge in [-0.15, -0.1) is 0 Å². The van der Waals surface area contributed by atoms with Gasteiger partial charge in [0.2, 0.25) is 0 Å². The summed E-state index contributed by atoms with van der Waals surface area (Å²) in [5, 5.41) is 0. The lowest BCUT2D eigenvalue weighted by Crippen LogP contribution is -2.53. The van der Waals surface area contributed by atoms with Crippen LogP contribution in [-0.4, -0.2) is 31.5 Å². The van der Waals surface area contributed by atoms with Gasteiger partial charge in [0.15, 0.2) is 0 Å². The van der Waals surface area contributed by atoms with Crippen LogP contribution in [0.2, 0.25) is 0 Å². The highest BCUT2D eigenvalue weighted by Crippen LogP contribution is 2.45. The molecule has 3 nitrogen and oxygen atoms in total. The van der Waals surface area contributed by atoms with Crippen LogP contribution in [0.4, 0.5) is 0 Å². The molecule has 0 aromatic heterocycles. The summed E-state index contributed by atoms with van der Waals surface area (Å²) < 4.78 is 11.4. The minimum Gasteiger partial charge on any atom is -0.378 e. The zero-order chi connectivity index (χ0) is 9.53. The molecule has 2 heterocycles. The van der Waals surface area contributed by atoms with E-state index < -0.39 is 0 Å². The van der Waals surface area contributed by atoms with Crippen molar-refractivity contribution < 1.29 is 9.47 Å². The molecule has 76 valence electrons. The molecule has 2 aliphatic rings. The highest BCUT2D eigenvalue weighted by molar-refractivity contribution is 5.02. The van der Waals surface area contributed by atoms with Crippen LogP contribution in [-0.2, 0) is 9.47 Å². The lowest BCUT2D eigenvalue weighted by atomic mass is 9.72. The summed E-state index contributed by atoms with van der Waals surface area (Å²) >= 11 is 0. The Balaban J connectivity index is 2.18. The molecule has 2 saturated heterocycles. The van der Waals surface area contributed by atoms with Crippen molar-refractivity contribution >= 4 is 0 Å². The molecule has 2 unspecified atom stereocenters. The summed E-state index contributed by atoms with van der Waals surface area (Å²) in [7, 11) is 0. The Morgan fingerprint density at radius 1 is 1.31 bits per heavy atom. The van der Waals surface area contributed by atoms with E-state index in [2.05, 4.69) is 13.8 Å². The molecule has 0 aromatic carbocycles. The van der Waals surface area contributed by atoms with Gasteiger partial charge in [0.1, 0.15) is 5.60 Å². The van der Waals surface area contributed by atoms with Gasteiger partial charge >= 0.3 is 0 Å². The standard InChI is InChI=1S/C10H19NO2/c1-9(2)6-12-7-10(9)5-8(11)3-4-13-10/h8H,3-7,11H2,1-2H3. The maximum absolute atomic E-state index is 5.97. The third-order valence-electron chi connectivity index (χ3n) is 3.49. The molecule has 3 heteroatoms. The van der Waals surface area contributed by atoms with Crippen LogP contribution >= 0.6 is 0 Å². The second kappa shape index (κ2) is 2.94. The van der Waals surface area contributed by atoms with Crippen LogP contribution in [0.3, 0.4) is 0 Å². The maximum Gasteiger partial charge on any atom is 0.100 e. The smallest absolute Gasteiger partial charge is 0.100 e. The molecule has 1 spiro atoms. The number of rotatable bonds is 0. The number of hydrogen-bond donors (Lipinski definition) is 1. The van der Waals surface area contributed by atoms with Gasteiger partial charge in [-0.3, -0.25) is 0 Å². The molecule has 0 radical (unpaired) electrons. The number of hydrogen-bond acceptors (Lipinski definition) is 3. The second-order valence-corrected chi connectivity index (χ2v) is 4.97. The summed E-state index contributed by atoms with van der Waals surface area (Å²) in [6.07, 6.45) is 1.93. The Labute approximate surface area is 79.6 Å². The van der Waals surface area contributed by atoms with Crippen molar-refractivity contribution in [1.82, 2.24) is 0 Å².